The first kappa shape index (κ1) is 12.6. The molecule has 0 amide bonds. The summed E-state index contributed by atoms with van der Waals surface area (Å²) in [5, 5.41) is 19.1. The molecule has 2 heterocycles. The van der Waals surface area contributed by atoms with E-state index in [1.165, 1.54) is 6.20 Å². The lowest BCUT2D eigenvalue weighted by Gasteiger charge is -2.09. The maximum absolute atomic E-state index is 11.2. The SMILES string of the molecule is O=[N+]([O-])c1cnc2ccccc2c1NCc1ccsc1. The van der Waals surface area contributed by atoms with Crippen molar-refractivity contribution in [2.75, 3.05) is 5.32 Å². The van der Waals surface area contributed by atoms with Gasteiger partial charge in [0.25, 0.3) is 0 Å². The monoisotopic (exact) mass is 285 g/mol. The topological polar surface area (TPSA) is 68.1 Å². The van der Waals surface area contributed by atoms with Gasteiger partial charge in [-0.05, 0) is 28.5 Å². The number of hydrogen-bond acceptors (Lipinski definition) is 5. The molecule has 0 unspecified atom stereocenters. The van der Waals surface area contributed by atoms with Crippen LogP contribution in [0.1, 0.15) is 5.56 Å². The second-order valence-corrected chi connectivity index (χ2v) is 5.06. The van der Waals surface area contributed by atoms with Crippen molar-refractivity contribution in [1.82, 2.24) is 4.98 Å². The van der Waals surface area contributed by atoms with E-state index in [2.05, 4.69) is 10.3 Å². The molecule has 20 heavy (non-hydrogen) atoms. The molecular formula is C14H11N3O2S. The number of para-hydroxylation sites is 1. The quantitative estimate of drug-likeness (QED) is 0.584. The number of hydrogen-bond donors (Lipinski definition) is 1. The van der Waals surface area contributed by atoms with Gasteiger partial charge in [0.15, 0.2) is 0 Å². The molecule has 0 saturated carbocycles. The van der Waals surface area contributed by atoms with Crippen LogP contribution in [0.5, 0.6) is 0 Å². The van der Waals surface area contributed by atoms with Crippen LogP contribution in [0.15, 0.2) is 47.3 Å². The third-order valence-electron chi connectivity index (χ3n) is 3.00. The number of pyridine rings is 1. The third kappa shape index (κ3) is 2.33. The summed E-state index contributed by atoms with van der Waals surface area (Å²) in [4.78, 5) is 14.9. The summed E-state index contributed by atoms with van der Waals surface area (Å²) >= 11 is 1.60. The maximum atomic E-state index is 11.2. The van der Waals surface area contributed by atoms with Crippen LogP contribution in [-0.2, 0) is 6.54 Å². The summed E-state index contributed by atoms with van der Waals surface area (Å²) in [7, 11) is 0. The van der Waals surface area contributed by atoms with E-state index in [-0.39, 0.29) is 5.69 Å². The molecule has 5 nitrogen and oxygen atoms in total. The van der Waals surface area contributed by atoms with E-state index in [0.29, 0.717) is 12.2 Å². The normalized spacial score (nSPS) is 10.6. The molecule has 0 spiro atoms. The first-order valence-corrected chi connectivity index (χ1v) is 6.97. The summed E-state index contributed by atoms with van der Waals surface area (Å²) < 4.78 is 0. The zero-order chi connectivity index (χ0) is 13.9. The fourth-order valence-corrected chi connectivity index (χ4v) is 2.71. The minimum Gasteiger partial charge on any atom is -0.375 e. The highest BCUT2D eigenvalue weighted by Crippen LogP contribution is 2.31. The molecule has 2 aromatic heterocycles. The Morgan fingerprint density at radius 1 is 1.30 bits per heavy atom. The van der Waals surface area contributed by atoms with E-state index < -0.39 is 4.92 Å². The highest BCUT2D eigenvalue weighted by molar-refractivity contribution is 7.07. The molecule has 0 atom stereocenters. The van der Waals surface area contributed by atoms with Crippen molar-refractivity contribution in [1.29, 1.82) is 0 Å². The van der Waals surface area contributed by atoms with E-state index in [1.807, 2.05) is 41.1 Å². The van der Waals surface area contributed by atoms with Crippen LogP contribution in [0.4, 0.5) is 11.4 Å². The van der Waals surface area contributed by atoms with Crippen LogP contribution in [-0.4, -0.2) is 9.91 Å². The number of thiophene rings is 1. The lowest BCUT2D eigenvalue weighted by Crippen LogP contribution is -2.03. The van der Waals surface area contributed by atoms with Crippen molar-refractivity contribution >= 4 is 33.6 Å². The minimum absolute atomic E-state index is 0.000991. The van der Waals surface area contributed by atoms with Gasteiger partial charge in [-0.1, -0.05) is 18.2 Å². The number of nitrogens with zero attached hydrogens (tertiary/aromatic N) is 2. The molecule has 0 bridgehead atoms. The van der Waals surface area contributed by atoms with Gasteiger partial charge in [-0.15, -0.1) is 0 Å². The van der Waals surface area contributed by atoms with Gasteiger partial charge in [0, 0.05) is 11.9 Å². The molecule has 1 N–H and O–H groups in total. The molecule has 1 aromatic carbocycles. The van der Waals surface area contributed by atoms with Crippen molar-refractivity contribution < 1.29 is 4.92 Å². The van der Waals surface area contributed by atoms with Gasteiger partial charge in [0.05, 0.1) is 10.4 Å². The second kappa shape index (κ2) is 5.26. The van der Waals surface area contributed by atoms with Gasteiger partial charge in [-0.25, -0.2) is 4.98 Å². The average molecular weight is 285 g/mol. The number of aromatic nitrogens is 1. The second-order valence-electron chi connectivity index (χ2n) is 4.28. The van der Waals surface area contributed by atoms with Crippen molar-refractivity contribution in [2.45, 2.75) is 6.54 Å². The Kier molecular flexibility index (Phi) is 3.30. The van der Waals surface area contributed by atoms with Crippen LogP contribution in [0.3, 0.4) is 0 Å². The first-order valence-electron chi connectivity index (χ1n) is 6.03. The zero-order valence-corrected chi connectivity index (χ0v) is 11.3. The highest BCUT2D eigenvalue weighted by atomic mass is 32.1. The van der Waals surface area contributed by atoms with Gasteiger partial charge >= 0.3 is 5.69 Å². The zero-order valence-electron chi connectivity index (χ0n) is 10.4. The van der Waals surface area contributed by atoms with Crippen LogP contribution in [0.25, 0.3) is 10.9 Å². The van der Waals surface area contributed by atoms with Crippen molar-refractivity contribution in [2.24, 2.45) is 0 Å². The molecule has 0 radical (unpaired) electrons. The van der Waals surface area contributed by atoms with E-state index >= 15 is 0 Å². The Bertz CT molecular complexity index is 756. The van der Waals surface area contributed by atoms with Gasteiger partial charge in [-0.3, -0.25) is 10.1 Å². The standard InChI is InChI=1S/C14H11N3O2S/c18-17(19)13-8-15-12-4-2-1-3-11(12)14(13)16-7-10-5-6-20-9-10/h1-6,8-9H,7H2,(H,15,16). The number of benzene rings is 1. The summed E-state index contributed by atoms with van der Waals surface area (Å²) in [6.07, 6.45) is 1.30. The molecule has 3 aromatic rings. The molecular weight excluding hydrogens is 274 g/mol. The Labute approximate surface area is 119 Å². The molecule has 0 aliphatic rings. The summed E-state index contributed by atoms with van der Waals surface area (Å²) in [5.74, 6) is 0. The molecule has 0 fully saturated rings. The number of rotatable bonds is 4. The fourth-order valence-electron chi connectivity index (χ4n) is 2.04. The van der Waals surface area contributed by atoms with E-state index in [0.717, 1.165) is 16.5 Å². The van der Waals surface area contributed by atoms with Crippen molar-refractivity contribution in [3.63, 3.8) is 0 Å². The summed E-state index contributed by atoms with van der Waals surface area (Å²) in [6.45, 7) is 0.554. The van der Waals surface area contributed by atoms with E-state index in [9.17, 15) is 10.1 Å². The Morgan fingerprint density at radius 3 is 2.90 bits per heavy atom. The van der Waals surface area contributed by atoms with Gasteiger partial charge in [-0.2, -0.15) is 11.3 Å². The number of fused-ring (bicyclic) bond motifs is 1. The smallest absolute Gasteiger partial charge is 0.311 e. The average Bonchev–Trinajstić information content (AvgIpc) is 2.97. The third-order valence-corrected chi connectivity index (χ3v) is 3.73. The molecule has 3 rings (SSSR count). The molecule has 0 aliphatic heterocycles. The molecule has 100 valence electrons. The lowest BCUT2D eigenvalue weighted by atomic mass is 10.1. The Balaban J connectivity index is 2.05. The van der Waals surface area contributed by atoms with Crippen LogP contribution < -0.4 is 5.32 Å². The number of nitrogens with one attached hydrogen (secondary N) is 1. The summed E-state index contributed by atoms with van der Waals surface area (Å²) in [5.41, 5.74) is 2.36. The Hall–Kier alpha value is -2.47. The van der Waals surface area contributed by atoms with Gasteiger partial charge in [0.1, 0.15) is 11.9 Å². The van der Waals surface area contributed by atoms with Crippen molar-refractivity contribution in [3.8, 4) is 0 Å². The van der Waals surface area contributed by atoms with Crippen LogP contribution in [0.2, 0.25) is 0 Å². The molecule has 0 aliphatic carbocycles. The van der Waals surface area contributed by atoms with E-state index in [4.69, 9.17) is 0 Å². The van der Waals surface area contributed by atoms with Gasteiger partial charge < -0.3 is 5.32 Å². The van der Waals surface area contributed by atoms with E-state index in [1.54, 1.807) is 11.3 Å². The largest absolute Gasteiger partial charge is 0.375 e. The van der Waals surface area contributed by atoms with Gasteiger partial charge in [0.2, 0.25) is 0 Å². The fraction of sp³-hybridized carbons (Fsp3) is 0.0714. The lowest BCUT2D eigenvalue weighted by molar-refractivity contribution is -0.384. The predicted octanol–water partition coefficient (Wildman–Crippen LogP) is 3.82. The first-order chi connectivity index (χ1) is 9.75. The Morgan fingerprint density at radius 2 is 2.15 bits per heavy atom. The van der Waals surface area contributed by atoms with Crippen LogP contribution >= 0.6 is 11.3 Å². The molecule has 6 heteroatoms. The highest BCUT2D eigenvalue weighted by Gasteiger charge is 2.17. The molecule has 0 saturated heterocycles. The predicted molar refractivity (Wildman–Crippen MR) is 80.0 cm³/mol. The van der Waals surface area contributed by atoms with Crippen molar-refractivity contribution in [3.05, 3.63) is 63.0 Å². The minimum atomic E-state index is -0.407. The van der Waals surface area contributed by atoms with Crippen LogP contribution in [0, 0.1) is 10.1 Å². The summed E-state index contributed by atoms with van der Waals surface area (Å²) in [6, 6.07) is 9.39. The maximum Gasteiger partial charge on any atom is 0.311 e. The number of nitro groups is 1. The number of anilines is 1.